The number of hydrogen-bond donors (Lipinski definition) is 3. The quantitative estimate of drug-likeness (QED) is 0.713. The molecule has 0 saturated carbocycles. The molecule has 1 aliphatic carbocycles. The van der Waals surface area contributed by atoms with Crippen molar-refractivity contribution in [1.82, 2.24) is 10.2 Å². The molecule has 1 heterocycles. The molecule has 7 heteroatoms. The molecule has 3 rings (SSSR count). The summed E-state index contributed by atoms with van der Waals surface area (Å²) >= 11 is 0. The fourth-order valence-electron chi connectivity index (χ4n) is 4.18. The first-order chi connectivity index (χ1) is 12.4. The Bertz CT molecular complexity index is 720. The number of carbonyl (C=O) groups excluding carboxylic acids is 2. The monoisotopic (exact) mass is 359 g/mol. The number of hydrogen-bond acceptors (Lipinski definition) is 4. The summed E-state index contributed by atoms with van der Waals surface area (Å²) in [6, 6.07) is 7.42. The minimum atomic E-state index is -1.38. The number of primary amides is 1. The lowest BCUT2D eigenvalue weighted by molar-refractivity contribution is -0.150. The average molecular weight is 359 g/mol. The fraction of sp³-hybridized carbons (Fsp3) is 0.526. The first-order valence-electron chi connectivity index (χ1n) is 9.07. The number of aliphatic carboxylic acids is 1. The Balaban J connectivity index is 1.80. The number of piperidine rings is 1. The summed E-state index contributed by atoms with van der Waals surface area (Å²) in [5, 5.41) is 12.8. The maximum absolute atomic E-state index is 12.9. The second-order valence-electron chi connectivity index (χ2n) is 7.25. The Morgan fingerprint density at radius 1 is 1.27 bits per heavy atom. The smallest absolute Gasteiger partial charge is 0.334 e. The molecule has 0 aromatic heterocycles. The molecule has 2 amide bonds. The number of nitrogens with zero attached hydrogens (tertiary/aromatic N) is 1. The normalized spacial score (nSPS) is 25.9. The van der Waals surface area contributed by atoms with Crippen LogP contribution in [-0.4, -0.2) is 47.4 Å². The second-order valence-corrected chi connectivity index (χ2v) is 7.25. The molecule has 2 unspecified atom stereocenters. The largest absolute Gasteiger partial charge is 0.479 e. The highest BCUT2D eigenvalue weighted by Gasteiger charge is 2.46. The zero-order valence-electron chi connectivity index (χ0n) is 14.7. The summed E-state index contributed by atoms with van der Waals surface area (Å²) in [4.78, 5) is 38.1. The van der Waals surface area contributed by atoms with Crippen LogP contribution in [-0.2, 0) is 26.3 Å². The zero-order chi connectivity index (χ0) is 18.7. The Morgan fingerprint density at radius 3 is 2.77 bits per heavy atom. The molecule has 2 atom stereocenters. The lowest BCUT2D eigenvalue weighted by atomic mass is 9.76. The van der Waals surface area contributed by atoms with Gasteiger partial charge in [-0.25, -0.2) is 4.79 Å². The highest BCUT2D eigenvalue weighted by atomic mass is 16.4. The lowest BCUT2D eigenvalue weighted by Gasteiger charge is -2.38. The van der Waals surface area contributed by atoms with Gasteiger partial charge in [-0.3, -0.25) is 14.5 Å². The number of nitrogens with one attached hydrogen (secondary N) is 1. The number of benzene rings is 1. The van der Waals surface area contributed by atoms with Crippen molar-refractivity contribution in [1.29, 1.82) is 0 Å². The number of likely N-dealkylation sites (tertiary alicyclic amines) is 1. The maximum atomic E-state index is 12.9. The topological polar surface area (TPSA) is 113 Å². The van der Waals surface area contributed by atoms with E-state index >= 15 is 0 Å². The van der Waals surface area contributed by atoms with Gasteiger partial charge in [0.2, 0.25) is 11.8 Å². The van der Waals surface area contributed by atoms with Crippen molar-refractivity contribution in [3.05, 3.63) is 35.4 Å². The molecule has 4 N–H and O–H groups in total. The Kier molecular flexibility index (Phi) is 5.27. The van der Waals surface area contributed by atoms with E-state index in [-0.39, 0.29) is 18.4 Å². The number of carbonyl (C=O) groups is 3. The molecule has 140 valence electrons. The predicted molar refractivity (Wildman–Crippen MR) is 95.2 cm³/mol. The van der Waals surface area contributed by atoms with E-state index < -0.39 is 17.4 Å². The minimum absolute atomic E-state index is 0.122. The van der Waals surface area contributed by atoms with Crippen molar-refractivity contribution in [3.8, 4) is 0 Å². The number of rotatable bonds is 5. The van der Waals surface area contributed by atoms with E-state index in [2.05, 4.69) is 5.32 Å². The number of carboxylic acid groups (broad SMARTS) is 1. The van der Waals surface area contributed by atoms with Gasteiger partial charge in [-0.05, 0) is 49.8 Å². The standard InChI is InChI=1S/C19H25N3O4/c20-16(23)12-22-10-4-7-14(11-22)17(24)21-19(18(25)26)9-3-6-13-5-1-2-8-15(13)19/h1-2,5,8,14H,3-4,6-7,9-12H2,(H2,20,23)(H,21,24)(H,25,26). The summed E-state index contributed by atoms with van der Waals surface area (Å²) in [7, 11) is 0. The van der Waals surface area contributed by atoms with Crippen LogP contribution in [0.25, 0.3) is 0 Å². The summed E-state index contributed by atoms with van der Waals surface area (Å²) in [5.74, 6) is -2.05. The number of carboxylic acids is 1. The van der Waals surface area contributed by atoms with Crippen LogP contribution in [0, 0.1) is 5.92 Å². The van der Waals surface area contributed by atoms with Crippen molar-refractivity contribution in [3.63, 3.8) is 0 Å². The summed E-state index contributed by atoms with van der Waals surface area (Å²) in [5.41, 5.74) is 5.52. The van der Waals surface area contributed by atoms with Gasteiger partial charge in [-0.1, -0.05) is 24.3 Å². The number of amides is 2. The third-order valence-electron chi connectivity index (χ3n) is 5.43. The van der Waals surface area contributed by atoms with Gasteiger partial charge in [-0.2, -0.15) is 0 Å². The zero-order valence-corrected chi connectivity index (χ0v) is 14.7. The van der Waals surface area contributed by atoms with Crippen LogP contribution >= 0.6 is 0 Å². The third-order valence-corrected chi connectivity index (χ3v) is 5.43. The van der Waals surface area contributed by atoms with E-state index in [1.54, 1.807) is 6.07 Å². The maximum Gasteiger partial charge on any atom is 0.334 e. The van der Waals surface area contributed by atoms with Gasteiger partial charge in [0, 0.05) is 6.54 Å². The molecule has 1 aromatic carbocycles. The van der Waals surface area contributed by atoms with Crippen LogP contribution in [0.2, 0.25) is 0 Å². The minimum Gasteiger partial charge on any atom is -0.479 e. The van der Waals surface area contributed by atoms with Crippen molar-refractivity contribution in [2.24, 2.45) is 11.7 Å². The number of fused-ring (bicyclic) bond motifs is 1. The van der Waals surface area contributed by atoms with Crippen LogP contribution < -0.4 is 11.1 Å². The molecule has 1 saturated heterocycles. The van der Waals surface area contributed by atoms with Gasteiger partial charge in [0.25, 0.3) is 0 Å². The average Bonchev–Trinajstić information content (AvgIpc) is 2.61. The summed E-state index contributed by atoms with van der Waals surface area (Å²) in [6.45, 7) is 1.27. The molecular formula is C19H25N3O4. The molecule has 26 heavy (non-hydrogen) atoms. The van der Waals surface area contributed by atoms with Gasteiger partial charge >= 0.3 is 5.97 Å². The van der Waals surface area contributed by atoms with Gasteiger partial charge in [0.05, 0.1) is 12.5 Å². The second kappa shape index (κ2) is 7.45. The molecule has 0 spiro atoms. The number of aryl methyl sites for hydroxylation is 1. The Morgan fingerprint density at radius 2 is 2.04 bits per heavy atom. The Labute approximate surface area is 152 Å². The lowest BCUT2D eigenvalue weighted by Crippen LogP contribution is -2.56. The van der Waals surface area contributed by atoms with E-state index in [1.807, 2.05) is 23.1 Å². The summed E-state index contributed by atoms with van der Waals surface area (Å²) < 4.78 is 0. The summed E-state index contributed by atoms with van der Waals surface area (Å²) in [6.07, 6.45) is 3.36. The van der Waals surface area contributed by atoms with Gasteiger partial charge < -0.3 is 16.2 Å². The first kappa shape index (κ1) is 18.4. The fourth-order valence-corrected chi connectivity index (χ4v) is 4.18. The third kappa shape index (κ3) is 3.58. The molecule has 0 bridgehead atoms. The molecule has 0 radical (unpaired) electrons. The highest BCUT2D eigenvalue weighted by molar-refractivity contribution is 5.90. The van der Waals surface area contributed by atoms with E-state index in [9.17, 15) is 19.5 Å². The van der Waals surface area contributed by atoms with E-state index in [4.69, 9.17) is 5.73 Å². The van der Waals surface area contributed by atoms with Gasteiger partial charge in [0.15, 0.2) is 5.54 Å². The molecule has 7 nitrogen and oxygen atoms in total. The molecular weight excluding hydrogens is 334 g/mol. The van der Waals surface area contributed by atoms with Crippen LogP contribution in [0.3, 0.4) is 0 Å². The Hall–Kier alpha value is -2.41. The van der Waals surface area contributed by atoms with Crippen molar-refractivity contribution in [2.75, 3.05) is 19.6 Å². The van der Waals surface area contributed by atoms with Crippen molar-refractivity contribution >= 4 is 17.8 Å². The molecule has 1 fully saturated rings. The van der Waals surface area contributed by atoms with E-state index in [0.29, 0.717) is 31.4 Å². The van der Waals surface area contributed by atoms with E-state index in [0.717, 1.165) is 24.9 Å². The predicted octanol–water partition coefficient (Wildman–Crippen LogP) is 0.616. The van der Waals surface area contributed by atoms with Crippen LogP contribution in [0.5, 0.6) is 0 Å². The van der Waals surface area contributed by atoms with Crippen LogP contribution in [0.4, 0.5) is 0 Å². The van der Waals surface area contributed by atoms with E-state index in [1.165, 1.54) is 0 Å². The molecule has 2 aliphatic rings. The highest BCUT2D eigenvalue weighted by Crippen LogP contribution is 2.36. The molecule has 1 aromatic rings. The van der Waals surface area contributed by atoms with Crippen molar-refractivity contribution in [2.45, 2.75) is 37.6 Å². The van der Waals surface area contributed by atoms with Gasteiger partial charge in [-0.15, -0.1) is 0 Å². The SMILES string of the molecule is NC(=O)CN1CCCC(C(=O)NC2(C(=O)O)CCCc3ccccc32)C1. The van der Waals surface area contributed by atoms with Crippen LogP contribution in [0.15, 0.2) is 24.3 Å². The van der Waals surface area contributed by atoms with Gasteiger partial charge in [0.1, 0.15) is 0 Å². The van der Waals surface area contributed by atoms with Crippen LogP contribution in [0.1, 0.15) is 36.8 Å². The molecule has 1 aliphatic heterocycles. The first-order valence-corrected chi connectivity index (χ1v) is 9.07. The number of nitrogens with two attached hydrogens (primary N) is 1. The van der Waals surface area contributed by atoms with Crippen molar-refractivity contribution < 1.29 is 19.5 Å².